The number of hydrogen-bond donors (Lipinski definition) is 0. The van der Waals surface area contributed by atoms with Crippen LogP contribution in [-0.4, -0.2) is 16.3 Å². The predicted octanol–water partition coefficient (Wildman–Crippen LogP) is 4.58. The minimum Gasteiger partial charge on any atom is -0.434 e. The fourth-order valence-corrected chi connectivity index (χ4v) is 1.65. The summed E-state index contributed by atoms with van der Waals surface area (Å²) in [4.78, 5) is 7.43. The predicted molar refractivity (Wildman–Crippen MR) is 67.9 cm³/mol. The molecule has 0 aliphatic carbocycles. The van der Waals surface area contributed by atoms with E-state index in [0.717, 1.165) is 6.07 Å². The average molecular weight is 370 g/mol. The molecule has 1 heterocycles. The van der Waals surface area contributed by atoms with Gasteiger partial charge in [0.25, 0.3) is 0 Å². The molecule has 0 spiro atoms. The number of ether oxygens (including phenoxy) is 2. The summed E-state index contributed by atoms with van der Waals surface area (Å²) in [6.45, 7) is 0. The zero-order valence-electron chi connectivity index (χ0n) is 9.49. The van der Waals surface area contributed by atoms with Crippen LogP contribution in [0.1, 0.15) is 0 Å². The van der Waals surface area contributed by atoms with Gasteiger partial charge in [0.05, 0.1) is 4.47 Å². The Bertz CT molecular complexity index is 625. The van der Waals surface area contributed by atoms with E-state index in [-0.39, 0.29) is 16.9 Å². The van der Waals surface area contributed by atoms with Crippen LogP contribution in [0.4, 0.5) is 13.2 Å². The van der Waals surface area contributed by atoms with Gasteiger partial charge in [0, 0.05) is 6.20 Å². The zero-order chi connectivity index (χ0) is 14.8. The molecule has 0 aliphatic heterocycles. The molecule has 0 amide bonds. The van der Waals surface area contributed by atoms with Gasteiger partial charge >= 0.3 is 6.36 Å². The highest BCUT2D eigenvalue weighted by atomic mass is 79.9. The fraction of sp³-hybridized carbons (Fsp3) is 0.0909. The van der Waals surface area contributed by atoms with Crippen LogP contribution in [-0.2, 0) is 0 Å². The summed E-state index contributed by atoms with van der Waals surface area (Å²) in [6, 6.07) is 5.31. The number of alkyl halides is 3. The molecule has 0 unspecified atom stereocenters. The van der Waals surface area contributed by atoms with Gasteiger partial charge in [0.1, 0.15) is 0 Å². The number of para-hydroxylation sites is 2. The highest BCUT2D eigenvalue weighted by Gasteiger charge is 2.32. The molecule has 4 nitrogen and oxygen atoms in total. The lowest BCUT2D eigenvalue weighted by Gasteiger charge is -2.13. The SMILES string of the molecule is FC(F)(F)Oc1ccccc1Oc1nc(Cl)ncc1Br. The summed E-state index contributed by atoms with van der Waals surface area (Å²) in [5.74, 6) is -0.662. The Kier molecular flexibility index (Phi) is 4.34. The van der Waals surface area contributed by atoms with E-state index in [2.05, 4.69) is 30.6 Å². The summed E-state index contributed by atoms with van der Waals surface area (Å²) in [5, 5.41) is -0.0996. The lowest BCUT2D eigenvalue weighted by molar-refractivity contribution is -0.275. The molecule has 2 aromatic rings. The quantitative estimate of drug-likeness (QED) is 0.743. The van der Waals surface area contributed by atoms with Crippen LogP contribution in [0, 0.1) is 0 Å². The van der Waals surface area contributed by atoms with Gasteiger partial charge in [-0.25, -0.2) is 4.98 Å². The summed E-state index contributed by atoms with van der Waals surface area (Å²) in [7, 11) is 0. The molecule has 0 atom stereocenters. The van der Waals surface area contributed by atoms with Crippen LogP contribution < -0.4 is 9.47 Å². The second kappa shape index (κ2) is 5.84. The maximum atomic E-state index is 12.3. The van der Waals surface area contributed by atoms with E-state index in [1.54, 1.807) is 0 Å². The van der Waals surface area contributed by atoms with Crippen molar-refractivity contribution in [3.63, 3.8) is 0 Å². The van der Waals surface area contributed by atoms with Crippen molar-refractivity contribution < 1.29 is 22.6 Å². The van der Waals surface area contributed by atoms with Gasteiger partial charge in [-0.15, -0.1) is 13.2 Å². The van der Waals surface area contributed by atoms with E-state index in [1.807, 2.05) is 0 Å². The van der Waals surface area contributed by atoms with Gasteiger partial charge in [0.15, 0.2) is 11.5 Å². The summed E-state index contributed by atoms with van der Waals surface area (Å²) < 4.78 is 46.3. The maximum Gasteiger partial charge on any atom is 0.573 e. The van der Waals surface area contributed by atoms with Crippen molar-refractivity contribution in [1.82, 2.24) is 9.97 Å². The van der Waals surface area contributed by atoms with Gasteiger partial charge in [-0.3, -0.25) is 0 Å². The van der Waals surface area contributed by atoms with Gasteiger partial charge in [-0.05, 0) is 39.7 Å². The van der Waals surface area contributed by atoms with Gasteiger partial charge in [-0.1, -0.05) is 12.1 Å². The van der Waals surface area contributed by atoms with E-state index in [1.165, 1.54) is 24.4 Å². The van der Waals surface area contributed by atoms with Crippen LogP contribution >= 0.6 is 27.5 Å². The van der Waals surface area contributed by atoms with E-state index >= 15 is 0 Å². The third kappa shape index (κ3) is 3.97. The highest BCUT2D eigenvalue weighted by molar-refractivity contribution is 9.10. The molecule has 0 saturated heterocycles. The Morgan fingerprint density at radius 1 is 1.15 bits per heavy atom. The smallest absolute Gasteiger partial charge is 0.434 e. The number of hydrogen-bond acceptors (Lipinski definition) is 4. The zero-order valence-corrected chi connectivity index (χ0v) is 11.8. The van der Waals surface area contributed by atoms with Crippen molar-refractivity contribution in [2.24, 2.45) is 0 Å². The molecular formula is C11H5BrClF3N2O2. The van der Waals surface area contributed by atoms with Crippen molar-refractivity contribution >= 4 is 27.5 Å². The second-order valence-corrected chi connectivity index (χ2v) is 4.58. The second-order valence-electron chi connectivity index (χ2n) is 3.39. The minimum absolute atomic E-state index is 0.0248. The highest BCUT2D eigenvalue weighted by Crippen LogP contribution is 2.36. The first-order valence-electron chi connectivity index (χ1n) is 5.06. The lowest BCUT2D eigenvalue weighted by Crippen LogP contribution is -2.17. The number of benzene rings is 1. The Labute approximate surface area is 124 Å². The molecule has 9 heteroatoms. The first-order valence-corrected chi connectivity index (χ1v) is 6.23. The van der Waals surface area contributed by atoms with Gasteiger partial charge < -0.3 is 9.47 Å². The van der Waals surface area contributed by atoms with E-state index < -0.39 is 12.1 Å². The van der Waals surface area contributed by atoms with E-state index in [4.69, 9.17) is 16.3 Å². The standard InChI is InChI=1S/C11H5BrClF3N2O2/c12-6-5-17-10(13)18-9(6)19-7-3-1-2-4-8(7)20-11(14,15)16/h1-5H. The molecule has 0 bridgehead atoms. The average Bonchev–Trinajstić information content (AvgIpc) is 2.34. The van der Waals surface area contributed by atoms with Crippen LogP contribution in [0.3, 0.4) is 0 Å². The van der Waals surface area contributed by atoms with Crippen LogP contribution in [0.25, 0.3) is 0 Å². The molecule has 0 saturated carbocycles. The molecule has 2 rings (SSSR count). The molecule has 1 aromatic carbocycles. The minimum atomic E-state index is -4.82. The first kappa shape index (κ1) is 14.9. The van der Waals surface area contributed by atoms with Crippen LogP contribution in [0.5, 0.6) is 17.4 Å². The molecule has 1 aromatic heterocycles. The van der Waals surface area contributed by atoms with E-state index in [0.29, 0.717) is 4.47 Å². The largest absolute Gasteiger partial charge is 0.573 e. The molecule has 20 heavy (non-hydrogen) atoms. The van der Waals surface area contributed by atoms with Crippen molar-refractivity contribution in [2.45, 2.75) is 6.36 Å². The van der Waals surface area contributed by atoms with Crippen molar-refractivity contribution in [3.8, 4) is 17.4 Å². The number of aromatic nitrogens is 2. The van der Waals surface area contributed by atoms with Crippen LogP contribution in [0.15, 0.2) is 34.9 Å². The molecule has 0 radical (unpaired) electrons. The number of halogens is 5. The first-order chi connectivity index (χ1) is 9.35. The third-order valence-electron chi connectivity index (χ3n) is 1.96. The molecule has 0 N–H and O–H groups in total. The summed E-state index contributed by atoms with van der Waals surface area (Å²) in [6.07, 6.45) is -3.50. The summed E-state index contributed by atoms with van der Waals surface area (Å²) >= 11 is 8.70. The Morgan fingerprint density at radius 2 is 1.80 bits per heavy atom. The maximum absolute atomic E-state index is 12.3. The Morgan fingerprint density at radius 3 is 2.45 bits per heavy atom. The van der Waals surface area contributed by atoms with Crippen molar-refractivity contribution in [3.05, 3.63) is 40.2 Å². The van der Waals surface area contributed by atoms with E-state index in [9.17, 15) is 13.2 Å². The van der Waals surface area contributed by atoms with Crippen LogP contribution in [0.2, 0.25) is 5.28 Å². The topological polar surface area (TPSA) is 44.2 Å². The van der Waals surface area contributed by atoms with Crippen molar-refractivity contribution in [2.75, 3.05) is 0 Å². The van der Waals surface area contributed by atoms with Gasteiger partial charge in [0.2, 0.25) is 11.2 Å². The number of nitrogens with zero attached hydrogens (tertiary/aromatic N) is 2. The normalized spacial score (nSPS) is 11.2. The summed E-state index contributed by atoms with van der Waals surface area (Å²) in [5.41, 5.74) is 0. The lowest BCUT2D eigenvalue weighted by atomic mass is 10.3. The Balaban J connectivity index is 2.32. The molecule has 106 valence electrons. The van der Waals surface area contributed by atoms with Gasteiger partial charge in [-0.2, -0.15) is 4.98 Å². The Hall–Kier alpha value is -1.54. The van der Waals surface area contributed by atoms with Crippen molar-refractivity contribution in [1.29, 1.82) is 0 Å². The monoisotopic (exact) mass is 368 g/mol. The number of rotatable bonds is 3. The molecular weight excluding hydrogens is 364 g/mol. The fourth-order valence-electron chi connectivity index (χ4n) is 1.25. The molecule has 0 fully saturated rings. The third-order valence-corrected chi connectivity index (χ3v) is 2.69. The molecule has 0 aliphatic rings.